The Labute approximate surface area is 183 Å². The van der Waals surface area contributed by atoms with Crippen molar-refractivity contribution in [2.75, 3.05) is 6.61 Å². The summed E-state index contributed by atoms with van der Waals surface area (Å²) in [6.45, 7) is 4.16. The second kappa shape index (κ2) is 11.1. The largest absolute Gasteiger partial charge is 0.462 e. The van der Waals surface area contributed by atoms with Gasteiger partial charge in [-0.1, -0.05) is 49.9 Å². The molecule has 1 fully saturated rings. The molecule has 1 aliphatic heterocycles. The molecule has 1 aliphatic carbocycles. The van der Waals surface area contributed by atoms with E-state index in [9.17, 15) is 9.59 Å². The summed E-state index contributed by atoms with van der Waals surface area (Å²) in [5.41, 5.74) is 3.01. The SMILES string of the molecule is CCCC(CC(=O)NO)C1ON=C(c2cccc(C(=O)OCC)c2)N1C1CCCCC1. The van der Waals surface area contributed by atoms with E-state index < -0.39 is 5.91 Å². The van der Waals surface area contributed by atoms with E-state index in [1.54, 1.807) is 24.5 Å². The van der Waals surface area contributed by atoms with Crippen molar-refractivity contribution in [2.45, 2.75) is 77.5 Å². The van der Waals surface area contributed by atoms with Crippen LogP contribution in [-0.4, -0.2) is 46.7 Å². The molecule has 170 valence electrons. The van der Waals surface area contributed by atoms with Crippen LogP contribution in [0.15, 0.2) is 29.4 Å². The van der Waals surface area contributed by atoms with Gasteiger partial charge in [0.2, 0.25) is 12.1 Å². The van der Waals surface area contributed by atoms with Gasteiger partial charge in [-0.05, 0) is 38.3 Å². The molecule has 1 aromatic rings. The Morgan fingerprint density at radius 1 is 1.29 bits per heavy atom. The molecule has 31 heavy (non-hydrogen) atoms. The first kappa shape index (κ1) is 23.1. The van der Waals surface area contributed by atoms with Crippen LogP contribution in [0.2, 0.25) is 0 Å². The van der Waals surface area contributed by atoms with E-state index in [1.165, 1.54) is 6.42 Å². The summed E-state index contributed by atoms with van der Waals surface area (Å²) in [5.74, 6) is -0.223. The van der Waals surface area contributed by atoms with E-state index >= 15 is 0 Å². The summed E-state index contributed by atoms with van der Waals surface area (Å²) in [5, 5.41) is 13.5. The van der Waals surface area contributed by atoms with Crippen molar-refractivity contribution >= 4 is 17.7 Å². The molecule has 2 N–H and O–H groups in total. The number of amides is 1. The van der Waals surface area contributed by atoms with Gasteiger partial charge in [-0.3, -0.25) is 10.0 Å². The lowest BCUT2D eigenvalue weighted by molar-refractivity contribution is -0.133. The fourth-order valence-corrected chi connectivity index (χ4v) is 4.58. The molecule has 3 rings (SSSR count). The molecule has 2 aliphatic rings. The summed E-state index contributed by atoms with van der Waals surface area (Å²) < 4.78 is 5.14. The predicted molar refractivity (Wildman–Crippen MR) is 115 cm³/mol. The number of nitrogens with one attached hydrogen (secondary N) is 1. The van der Waals surface area contributed by atoms with Crippen molar-refractivity contribution < 1.29 is 24.4 Å². The third kappa shape index (κ3) is 5.55. The third-order valence-corrected chi connectivity index (χ3v) is 6.00. The molecule has 0 bridgehead atoms. The summed E-state index contributed by atoms with van der Waals surface area (Å²) in [6.07, 6.45) is 6.97. The third-order valence-electron chi connectivity index (χ3n) is 6.00. The van der Waals surface area contributed by atoms with Crippen molar-refractivity contribution in [3.05, 3.63) is 35.4 Å². The second-order valence-corrected chi connectivity index (χ2v) is 8.20. The lowest BCUT2D eigenvalue weighted by Crippen LogP contribution is -2.49. The Kier molecular flexibility index (Phi) is 8.28. The molecule has 1 saturated carbocycles. The summed E-state index contributed by atoms with van der Waals surface area (Å²) in [6, 6.07) is 7.50. The predicted octanol–water partition coefficient (Wildman–Crippen LogP) is 3.83. The first-order valence-corrected chi connectivity index (χ1v) is 11.3. The number of hydrogen-bond acceptors (Lipinski definition) is 7. The van der Waals surface area contributed by atoms with Crippen LogP contribution in [-0.2, 0) is 14.4 Å². The van der Waals surface area contributed by atoms with Crippen LogP contribution in [0.3, 0.4) is 0 Å². The van der Waals surface area contributed by atoms with E-state index in [-0.39, 0.29) is 30.6 Å². The fraction of sp³-hybridized carbons (Fsp3) is 0.609. The first-order chi connectivity index (χ1) is 15.1. The minimum Gasteiger partial charge on any atom is -0.462 e. The number of nitrogens with zero attached hydrogens (tertiary/aromatic N) is 2. The van der Waals surface area contributed by atoms with Crippen LogP contribution < -0.4 is 5.48 Å². The summed E-state index contributed by atoms with van der Waals surface area (Å²) >= 11 is 0. The maximum atomic E-state index is 12.2. The number of hydroxylamine groups is 1. The van der Waals surface area contributed by atoms with Crippen LogP contribution in [0.5, 0.6) is 0 Å². The van der Waals surface area contributed by atoms with Gasteiger partial charge in [0.15, 0.2) is 5.84 Å². The number of carbonyl (C=O) groups is 2. The van der Waals surface area contributed by atoms with Crippen molar-refractivity contribution in [1.29, 1.82) is 0 Å². The molecule has 8 heteroatoms. The number of oxime groups is 1. The molecule has 1 amide bonds. The number of amidine groups is 1. The van der Waals surface area contributed by atoms with Crippen molar-refractivity contribution in [3.63, 3.8) is 0 Å². The first-order valence-electron chi connectivity index (χ1n) is 11.3. The minimum atomic E-state index is -0.427. The van der Waals surface area contributed by atoms with Gasteiger partial charge < -0.3 is 14.5 Å². The Bertz CT molecular complexity index is 791. The van der Waals surface area contributed by atoms with Crippen molar-refractivity contribution in [2.24, 2.45) is 11.1 Å². The molecular weight excluding hydrogens is 398 g/mol. The highest BCUT2D eigenvalue weighted by Gasteiger charge is 2.41. The highest BCUT2D eigenvalue weighted by Crippen LogP contribution is 2.35. The zero-order valence-corrected chi connectivity index (χ0v) is 18.4. The highest BCUT2D eigenvalue weighted by molar-refractivity contribution is 6.01. The lowest BCUT2D eigenvalue weighted by Gasteiger charge is -2.38. The van der Waals surface area contributed by atoms with Gasteiger partial charge >= 0.3 is 5.97 Å². The molecule has 1 aromatic carbocycles. The van der Waals surface area contributed by atoms with Crippen LogP contribution in [0.1, 0.15) is 81.1 Å². The highest BCUT2D eigenvalue weighted by atomic mass is 16.7. The molecule has 0 radical (unpaired) electrons. The number of hydrogen-bond donors (Lipinski definition) is 2. The van der Waals surface area contributed by atoms with E-state index in [0.717, 1.165) is 44.1 Å². The molecule has 1 heterocycles. The number of ether oxygens (including phenoxy) is 1. The normalized spacial score (nSPS) is 20.0. The zero-order valence-electron chi connectivity index (χ0n) is 18.4. The maximum absolute atomic E-state index is 12.2. The summed E-state index contributed by atoms with van der Waals surface area (Å²) in [7, 11) is 0. The van der Waals surface area contributed by atoms with E-state index in [1.807, 2.05) is 12.1 Å². The molecule has 8 nitrogen and oxygen atoms in total. The number of rotatable bonds is 9. The van der Waals surface area contributed by atoms with Crippen LogP contribution in [0.4, 0.5) is 0 Å². The van der Waals surface area contributed by atoms with Gasteiger partial charge in [-0.15, -0.1) is 0 Å². The van der Waals surface area contributed by atoms with E-state index in [0.29, 0.717) is 18.0 Å². The quantitative estimate of drug-likeness (QED) is 0.350. The minimum absolute atomic E-state index is 0.117. The van der Waals surface area contributed by atoms with Gasteiger partial charge in [0.25, 0.3) is 0 Å². The molecular formula is C23H33N3O5. The van der Waals surface area contributed by atoms with Crippen LogP contribution in [0, 0.1) is 5.92 Å². The van der Waals surface area contributed by atoms with Gasteiger partial charge in [-0.2, -0.15) is 0 Å². The van der Waals surface area contributed by atoms with Gasteiger partial charge in [0, 0.05) is 23.9 Å². The monoisotopic (exact) mass is 431 g/mol. The molecule has 0 saturated heterocycles. The van der Waals surface area contributed by atoms with Gasteiger partial charge in [0.1, 0.15) is 0 Å². The Morgan fingerprint density at radius 3 is 2.74 bits per heavy atom. The van der Waals surface area contributed by atoms with Crippen LogP contribution in [0.25, 0.3) is 0 Å². The average Bonchev–Trinajstić information content (AvgIpc) is 3.24. The summed E-state index contributed by atoms with van der Waals surface area (Å²) in [4.78, 5) is 32.3. The Hall–Kier alpha value is -2.61. The fourth-order valence-electron chi connectivity index (χ4n) is 4.58. The number of benzene rings is 1. The second-order valence-electron chi connectivity index (χ2n) is 8.20. The van der Waals surface area contributed by atoms with Crippen molar-refractivity contribution in [3.8, 4) is 0 Å². The smallest absolute Gasteiger partial charge is 0.338 e. The standard InChI is InChI=1S/C23H33N3O5/c1-3-9-17(15-20(27)24-29)22-26(19-12-6-5-7-13-19)21(25-31-22)16-10-8-11-18(14-16)23(28)30-4-2/h8,10-11,14,17,19,22,29H,3-7,9,12-13,15H2,1-2H3,(H,24,27). The average molecular weight is 432 g/mol. The number of esters is 1. The van der Waals surface area contributed by atoms with E-state index in [4.69, 9.17) is 14.8 Å². The lowest BCUT2D eigenvalue weighted by atomic mass is 9.90. The molecule has 0 spiro atoms. The zero-order chi connectivity index (χ0) is 22.2. The van der Waals surface area contributed by atoms with E-state index in [2.05, 4.69) is 17.0 Å². The van der Waals surface area contributed by atoms with Gasteiger partial charge in [0.05, 0.1) is 12.2 Å². The molecule has 2 unspecified atom stereocenters. The maximum Gasteiger partial charge on any atom is 0.338 e. The van der Waals surface area contributed by atoms with Gasteiger partial charge in [-0.25, -0.2) is 10.3 Å². The molecule has 2 atom stereocenters. The topological polar surface area (TPSA) is 100 Å². The Balaban J connectivity index is 1.91. The van der Waals surface area contributed by atoms with Crippen LogP contribution >= 0.6 is 0 Å². The molecule has 0 aromatic heterocycles. The Morgan fingerprint density at radius 2 is 2.06 bits per heavy atom. The number of carbonyl (C=O) groups excluding carboxylic acids is 2. The van der Waals surface area contributed by atoms with Crippen molar-refractivity contribution in [1.82, 2.24) is 10.4 Å².